The summed E-state index contributed by atoms with van der Waals surface area (Å²) in [5, 5.41) is 14.6. The number of hydrogen-bond donors (Lipinski definition) is 1. The van der Waals surface area contributed by atoms with E-state index in [-0.39, 0.29) is 10.7 Å². The maximum atomic E-state index is 11.9. The highest BCUT2D eigenvalue weighted by Gasteiger charge is 2.12. The van der Waals surface area contributed by atoms with Crippen molar-refractivity contribution in [1.29, 1.82) is 0 Å². The number of halogens is 1. The lowest BCUT2D eigenvalue weighted by Crippen LogP contribution is -2.17. The van der Waals surface area contributed by atoms with Crippen LogP contribution in [0.2, 0.25) is 5.02 Å². The molecule has 23 heavy (non-hydrogen) atoms. The van der Waals surface area contributed by atoms with E-state index in [9.17, 15) is 14.9 Å². The van der Waals surface area contributed by atoms with Gasteiger partial charge in [-0.2, -0.15) is 5.10 Å². The average Bonchev–Trinajstić information content (AvgIpc) is 2.56. The van der Waals surface area contributed by atoms with Crippen LogP contribution < -0.4 is 10.2 Å². The van der Waals surface area contributed by atoms with Gasteiger partial charge in [-0.3, -0.25) is 14.9 Å². The van der Waals surface area contributed by atoms with Crippen LogP contribution in [-0.4, -0.2) is 24.2 Å². The van der Waals surface area contributed by atoms with Gasteiger partial charge in [0, 0.05) is 17.2 Å². The Hall–Kier alpha value is -2.93. The molecule has 118 valence electrons. The van der Waals surface area contributed by atoms with E-state index in [1.165, 1.54) is 25.5 Å². The number of nitro benzene ring substituents is 1. The van der Waals surface area contributed by atoms with Gasteiger partial charge in [-0.25, -0.2) is 5.43 Å². The van der Waals surface area contributed by atoms with Crippen LogP contribution in [0, 0.1) is 10.1 Å². The Morgan fingerprint density at radius 2 is 2.13 bits per heavy atom. The molecule has 0 bridgehead atoms. The topological polar surface area (TPSA) is 93.8 Å². The second kappa shape index (κ2) is 7.37. The third-order valence-corrected chi connectivity index (χ3v) is 3.20. The molecule has 1 amide bonds. The SMILES string of the molecule is COc1cccc(C(=O)N/N=C\c2ccc(Cl)c([N+](=O)[O-])c2)c1. The fourth-order valence-corrected chi connectivity index (χ4v) is 1.93. The van der Waals surface area contributed by atoms with Gasteiger partial charge in [0.15, 0.2) is 0 Å². The second-order valence-corrected chi connectivity index (χ2v) is 4.81. The number of carbonyl (C=O) groups is 1. The lowest BCUT2D eigenvalue weighted by Gasteiger charge is -2.03. The summed E-state index contributed by atoms with van der Waals surface area (Å²) in [5.74, 6) is 0.124. The van der Waals surface area contributed by atoms with Crippen molar-refractivity contribution in [1.82, 2.24) is 5.43 Å². The Kier molecular flexibility index (Phi) is 5.27. The molecule has 0 aliphatic rings. The first-order chi connectivity index (χ1) is 11.0. The van der Waals surface area contributed by atoms with Gasteiger partial charge in [0.1, 0.15) is 10.8 Å². The van der Waals surface area contributed by atoms with Gasteiger partial charge in [0.2, 0.25) is 0 Å². The van der Waals surface area contributed by atoms with Gasteiger partial charge in [-0.1, -0.05) is 23.7 Å². The highest BCUT2D eigenvalue weighted by atomic mass is 35.5. The van der Waals surface area contributed by atoms with Crippen molar-refractivity contribution in [3.05, 3.63) is 68.7 Å². The van der Waals surface area contributed by atoms with Crippen molar-refractivity contribution in [2.45, 2.75) is 0 Å². The van der Waals surface area contributed by atoms with E-state index in [0.29, 0.717) is 16.9 Å². The minimum absolute atomic E-state index is 0.0348. The fourth-order valence-electron chi connectivity index (χ4n) is 1.74. The van der Waals surface area contributed by atoms with E-state index in [4.69, 9.17) is 16.3 Å². The van der Waals surface area contributed by atoms with Crippen LogP contribution in [0.4, 0.5) is 5.69 Å². The van der Waals surface area contributed by atoms with Gasteiger partial charge < -0.3 is 4.74 Å². The highest BCUT2D eigenvalue weighted by Crippen LogP contribution is 2.24. The number of amides is 1. The molecule has 2 aromatic rings. The molecule has 7 nitrogen and oxygen atoms in total. The number of nitro groups is 1. The Morgan fingerprint density at radius 1 is 1.35 bits per heavy atom. The summed E-state index contributed by atoms with van der Waals surface area (Å²) in [4.78, 5) is 22.1. The Labute approximate surface area is 136 Å². The average molecular weight is 334 g/mol. The fraction of sp³-hybridized carbons (Fsp3) is 0.0667. The molecule has 0 aromatic heterocycles. The number of hydrazone groups is 1. The minimum Gasteiger partial charge on any atom is -0.497 e. The van der Waals surface area contributed by atoms with Crippen LogP contribution in [0.3, 0.4) is 0 Å². The molecule has 0 radical (unpaired) electrons. The summed E-state index contributed by atoms with van der Waals surface area (Å²) in [5.41, 5.74) is 2.92. The van der Waals surface area contributed by atoms with E-state index in [1.54, 1.807) is 30.3 Å². The van der Waals surface area contributed by atoms with E-state index < -0.39 is 10.8 Å². The summed E-state index contributed by atoms with van der Waals surface area (Å²) in [6, 6.07) is 10.8. The molecule has 2 rings (SSSR count). The zero-order valence-corrected chi connectivity index (χ0v) is 12.8. The second-order valence-electron chi connectivity index (χ2n) is 4.40. The summed E-state index contributed by atoms with van der Waals surface area (Å²) in [7, 11) is 1.50. The van der Waals surface area contributed by atoms with Crippen LogP contribution in [0.25, 0.3) is 0 Å². The van der Waals surface area contributed by atoms with Crippen molar-refractivity contribution >= 4 is 29.4 Å². The van der Waals surface area contributed by atoms with Gasteiger partial charge in [0.05, 0.1) is 18.2 Å². The summed E-state index contributed by atoms with van der Waals surface area (Å²) >= 11 is 5.72. The Morgan fingerprint density at radius 3 is 2.83 bits per heavy atom. The monoisotopic (exact) mass is 333 g/mol. The predicted molar refractivity (Wildman–Crippen MR) is 86.2 cm³/mol. The molecular formula is C15H12ClN3O4. The number of ether oxygens (including phenoxy) is 1. The normalized spacial score (nSPS) is 10.5. The molecule has 0 fully saturated rings. The highest BCUT2D eigenvalue weighted by molar-refractivity contribution is 6.32. The van der Waals surface area contributed by atoms with E-state index in [2.05, 4.69) is 10.5 Å². The van der Waals surface area contributed by atoms with Gasteiger partial charge >= 0.3 is 0 Å². The molecule has 0 aliphatic carbocycles. The quantitative estimate of drug-likeness (QED) is 0.517. The van der Waals surface area contributed by atoms with Crippen molar-refractivity contribution in [3.63, 3.8) is 0 Å². The van der Waals surface area contributed by atoms with Crippen molar-refractivity contribution in [2.24, 2.45) is 5.10 Å². The zero-order valence-electron chi connectivity index (χ0n) is 12.0. The molecule has 0 spiro atoms. The molecule has 0 heterocycles. The third-order valence-electron chi connectivity index (χ3n) is 2.88. The third kappa shape index (κ3) is 4.27. The van der Waals surface area contributed by atoms with Gasteiger partial charge in [-0.05, 0) is 24.3 Å². The molecule has 0 aliphatic heterocycles. The van der Waals surface area contributed by atoms with E-state index >= 15 is 0 Å². The standard InChI is InChI=1S/C15H12ClN3O4/c1-23-12-4-2-3-11(8-12)15(20)18-17-9-10-5-6-13(16)14(7-10)19(21)22/h2-9H,1H3,(H,18,20)/b17-9-. The smallest absolute Gasteiger partial charge is 0.288 e. The molecular weight excluding hydrogens is 322 g/mol. The van der Waals surface area contributed by atoms with Crippen LogP contribution in [0.1, 0.15) is 15.9 Å². The maximum Gasteiger partial charge on any atom is 0.288 e. The first-order valence-corrected chi connectivity index (χ1v) is 6.80. The number of nitrogens with zero attached hydrogens (tertiary/aromatic N) is 2. The molecule has 8 heteroatoms. The first-order valence-electron chi connectivity index (χ1n) is 6.42. The maximum absolute atomic E-state index is 11.9. The van der Waals surface area contributed by atoms with Crippen LogP contribution in [-0.2, 0) is 0 Å². The van der Waals surface area contributed by atoms with Crippen LogP contribution in [0.5, 0.6) is 5.75 Å². The molecule has 0 saturated carbocycles. The largest absolute Gasteiger partial charge is 0.497 e. The minimum atomic E-state index is -0.589. The van der Waals surface area contributed by atoms with Crippen molar-refractivity contribution in [3.8, 4) is 5.75 Å². The molecule has 2 aromatic carbocycles. The van der Waals surface area contributed by atoms with Crippen LogP contribution in [0.15, 0.2) is 47.6 Å². The number of rotatable bonds is 5. The lowest BCUT2D eigenvalue weighted by molar-refractivity contribution is -0.384. The van der Waals surface area contributed by atoms with Crippen LogP contribution >= 0.6 is 11.6 Å². The lowest BCUT2D eigenvalue weighted by atomic mass is 10.2. The van der Waals surface area contributed by atoms with Crippen molar-refractivity contribution < 1.29 is 14.5 Å². The zero-order chi connectivity index (χ0) is 16.8. The first kappa shape index (κ1) is 16.4. The number of nitrogens with one attached hydrogen (secondary N) is 1. The van der Waals surface area contributed by atoms with E-state index in [0.717, 1.165) is 0 Å². The van der Waals surface area contributed by atoms with E-state index in [1.807, 2.05) is 0 Å². The Bertz CT molecular complexity index is 777. The summed E-state index contributed by atoms with van der Waals surface area (Å²) < 4.78 is 5.03. The van der Waals surface area contributed by atoms with Gasteiger partial charge in [-0.15, -0.1) is 0 Å². The molecule has 0 atom stereocenters. The molecule has 0 unspecified atom stereocenters. The summed E-state index contributed by atoms with van der Waals surface area (Å²) in [6.07, 6.45) is 1.29. The Balaban J connectivity index is 2.08. The summed E-state index contributed by atoms with van der Waals surface area (Å²) in [6.45, 7) is 0. The molecule has 1 N–H and O–H groups in total. The predicted octanol–water partition coefficient (Wildman–Crippen LogP) is 3.02. The number of methoxy groups -OCH3 is 1. The number of hydrogen-bond acceptors (Lipinski definition) is 5. The number of carbonyl (C=O) groups excluding carboxylic acids is 1. The van der Waals surface area contributed by atoms with Crippen molar-refractivity contribution in [2.75, 3.05) is 7.11 Å². The van der Waals surface area contributed by atoms with Gasteiger partial charge in [0.25, 0.3) is 11.6 Å². The molecule has 0 saturated heterocycles. The number of benzene rings is 2.